The van der Waals surface area contributed by atoms with Gasteiger partial charge in [-0.3, -0.25) is 0 Å². The Hall–Kier alpha value is -2.13. The highest BCUT2D eigenvalue weighted by Crippen LogP contribution is 2.15. The van der Waals surface area contributed by atoms with E-state index in [-0.39, 0.29) is 12.6 Å². The second-order valence-corrected chi connectivity index (χ2v) is 3.97. The quantitative estimate of drug-likeness (QED) is 0.596. The second kappa shape index (κ2) is 6.71. The van der Waals surface area contributed by atoms with Gasteiger partial charge >= 0.3 is 0 Å². The lowest BCUT2D eigenvalue weighted by Gasteiger charge is -2.04. The predicted octanol–water partition coefficient (Wildman–Crippen LogP) is 3.98. The Morgan fingerprint density at radius 2 is 1.74 bits per heavy atom. The normalized spacial score (nSPS) is 10.8. The van der Waals surface area contributed by atoms with E-state index in [1.54, 1.807) is 25.3 Å². The molecule has 0 radical (unpaired) electrons. The lowest BCUT2D eigenvalue weighted by molar-refractivity contribution is 0.0511. The minimum absolute atomic E-state index is 0.223. The first-order valence-electron chi connectivity index (χ1n) is 5.94. The molecule has 0 saturated heterocycles. The maximum Gasteiger partial charge on any atom is 0.188 e. The van der Waals surface area contributed by atoms with Crippen molar-refractivity contribution in [3.63, 3.8) is 0 Å². The van der Waals surface area contributed by atoms with Crippen molar-refractivity contribution < 1.29 is 13.9 Å². The van der Waals surface area contributed by atoms with Gasteiger partial charge in [0.15, 0.2) is 6.79 Å². The summed E-state index contributed by atoms with van der Waals surface area (Å²) in [5.74, 6) is 0.517. The van der Waals surface area contributed by atoms with Crippen molar-refractivity contribution in [3.8, 4) is 5.75 Å². The van der Waals surface area contributed by atoms with E-state index in [9.17, 15) is 4.39 Å². The Bertz CT molecular complexity index is 547. The summed E-state index contributed by atoms with van der Waals surface area (Å²) < 4.78 is 23.5. The van der Waals surface area contributed by atoms with E-state index in [2.05, 4.69) is 0 Å². The summed E-state index contributed by atoms with van der Waals surface area (Å²) >= 11 is 0. The molecule has 98 valence electrons. The van der Waals surface area contributed by atoms with Crippen LogP contribution in [0.5, 0.6) is 5.75 Å². The molecular weight excluding hydrogens is 243 g/mol. The summed E-state index contributed by atoms with van der Waals surface area (Å²) in [5, 5.41) is 0. The van der Waals surface area contributed by atoms with Crippen LogP contribution in [0.1, 0.15) is 11.1 Å². The van der Waals surface area contributed by atoms with Gasteiger partial charge in [-0.25, -0.2) is 4.39 Å². The van der Waals surface area contributed by atoms with Crippen LogP contribution >= 0.6 is 0 Å². The fourth-order valence-corrected chi connectivity index (χ4v) is 1.60. The predicted molar refractivity (Wildman–Crippen MR) is 74.3 cm³/mol. The highest BCUT2D eigenvalue weighted by molar-refractivity contribution is 5.70. The Morgan fingerprint density at radius 1 is 1.00 bits per heavy atom. The molecule has 0 aliphatic heterocycles. The molecule has 0 spiro atoms. The number of hydrogen-bond donors (Lipinski definition) is 0. The highest BCUT2D eigenvalue weighted by atomic mass is 19.1. The van der Waals surface area contributed by atoms with E-state index in [0.29, 0.717) is 5.56 Å². The van der Waals surface area contributed by atoms with Crippen LogP contribution in [0, 0.1) is 5.82 Å². The Labute approximate surface area is 112 Å². The van der Waals surface area contributed by atoms with E-state index >= 15 is 0 Å². The SMILES string of the molecule is COCOc1ccc(/C=C/c2ccccc2F)cc1. The van der Waals surface area contributed by atoms with Gasteiger partial charge in [-0.05, 0) is 23.8 Å². The first-order chi connectivity index (χ1) is 9.29. The molecule has 0 amide bonds. The zero-order valence-electron chi connectivity index (χ0n) is 10.7. The molecule has 0 aliphatic rings. The van der Waals surface area contributed by atoms with Gasteiger partial charge in [0.25, 0.3) is 0 Å². The van der Waals surface area contributed by atoms with Crippen LogP contribution in [0.3, 0.4) is 0 Å². The average molecular weight is 258 g/mol. The molecule has 19 heavy (non-hydrogen) atoms. The smallest absolute Gasteiger partial charge is 0.188 e. The Morgan fingerprint density at radius 3 is 2.42 bits per heavy atom. The maximum absolute atomic E-state index is 13.4. The first-order valence-corrected chi connectivity index (χ1v) is 5.94. The van der Waals surface area contributed by atoms with Crippen molar-refractivity contribution in [2.24, 2.45) is 0 Å². The minimum Gasteiger partial charge on any atom is -0.468 e. The molecule has 0 aromatic heterocycles. The third-order valence-corrected chi connectivity index (χ3v) is 2.58. The zero-order chi connectivity index (χ0) is 13.5. The standard InChI is InChI=1S/C16H15FO2/c1-18-12-19-15-10-7-13(8-11-15)6-9-14-4-2-3-5-16(14)17/h2-11H,12H2,1H3/b9-6+. The lowest BCUT2D eigenvalue weighted by Crippen LogP contribution is -1.98. The van der Waals surface area contributed by atoms with Crippen LogP contribution < -0.4 is 4.74 Å². The summed E-state index contributed by atoms with van der Waals surface area (Å²) in [7, 11) is 1.57. The van der Waals surface area contributed by atoms with Crippen LogP contribution in [0.2, 0.25) is 0 Å². The largest absolute Gasteiger partial charge is 0.468 e. The van der Waals surface area contributed by atoms with Gasteiger partial charge in [-0.1, -0.05) is 42.5 Å². The molecule has 0 fully saturated rings. The number of halogens is 1. The molecule has 2 aromatic rings. The molecule has 0 saturated carbocycles. The Kier molecular flexibility index (Phi) is 4.70. The third-order valence-electron chi connectivity index (χ3n) is 2.58. The first kappa shape index (κ1) is 13.3. The van der Waals surface area contributed by atoms with Crippen molar-refractivity contribution in [2.45, 2.75) is 0 Å². The number of hydrogen-bond acceptors (Lipinski definition) is 2. The molecule has 2 aromatic carbocycles. The monoisotopic (exact) mass is 258 g/mol. The minimum atomic E-state index is -0.223. The summed E-state index contributed by atoms with van der Waals surface area (Å²) in [5.41, 5.74) is 1.55. The topological polar surface area (TPSA) is 18.5 Å². The van der Waals surface area contributed by atoms with Gasteiger partial charge in [0.1, 0.15) is 11.6 Å². The van der Waals surface area contributed by atoms with E-state index < -0.39 is 0 Å². The van der Waals surface area contributed by atoms with Gasteiger partial charge in [0.05, 0.1) is 0 Å². The molecular formula is C16H15FO2. The van der Waals surface area contributed by atoms with Crippen LogP contribution in [0.4, 0.5) is 4.39 Å². The van der Waals surface area contributed by atoms with E-state index in [1.807, 2.05) is 36.4 Å². The summed E-state index contributed by atoms with van der Waals surface area (Å²) in [6, 6.07) is 14.2. The molecule has 0 bridgehead atoms. The number of rotatable bonds is 5. The summed E-state index contributed by atoms with van der Waals surface area (Å²) in [6.07, 6.45) is 3.61. The number of methoxy groups -OCH3 is 1. The maximum atomic E-state index is 13.4. The van der Waals surface area contributed by atoms with Crippen molar-refractivity contribution in [1.82, 2.24) is 0 Å². The fourth-order valence-electron chi connectivity index (χ4n) is 1.60. The van der Waals surface area contributed by atoms with E-state index in [1.165, 1.54) is 6.07 Å². The summed E-state index contributed by atoms with van der Waals surface area (Å²) in [6.45, 7) is 0.227. The molecule has 0 heterocycles. The lowest BCUT2D eigenvalue weighted by atomic mass is 10.1. The van der Waals surface area contributed by atoms with Crippen LogP contribution in [-0.2, 0) is 4.74 Å². The van der Waals surface area contributed by atoms with Crippen LogP contribution in [0.15, 0.2) is 48.5 Å². The zero-order valence-corrected chi connectivity index (χ0v) is 10.7. The Balaban J connectivity index is 2.05. The molecule has 0 unspecified atom stereocenters. The molecule has 0 atom stereocenters. The van der Waals surface area contributed by atoms with Gasteiger partial charge in [0, 0.05) is 12.7 Å². The summed E-state index contributed by atoms with van der Waals surface area (Å²) in [4.78, 5) is 0. The average Bonchev–Trinajstić information content (AvgIpc) is 2.45. The van der Waals surface area contributed by atoms with Crippen molar-refractivity contribution in [3.05, 3.63) is 65.5 Å². The molecule has 0 aliphatic carbocycles. The van der Waals surface area contributed by atoms with Gasteiger partial charge in [-0.2, -0.15) is 0 Å². The fraction of sp³-hybridized carbons (Fsp3) is 0.125. The van der Waals surface area contributed by atoms with E-state index in [0.717, 1.165) is 11.3 Å². The van der Waals surface area contributed by atoms with Crippen LogP contribution in [-0.4, -0.2) is 13.9 Å². The van der Waals surface area contributed by atoms with Gasteiger partial charge in [-0.15, -0.1) is 0 Å². The van der Waals surface area contributed by atoms with E-state index in [4.69, 9.17) is 9.47 Å². The van der Waals surface area contributed by atoms with Crippen LogP contribution in [0.25, 0.3) is 12.2 Å². The number of benzene rings is 2. The highest BCUT2D eigenvalue weighted by Gasteiger charge is 1.96. The number of ether oxygens (including phenoxy) is 2. The van der Waals surface area contributed by atoms with Crippen molar-refractivity contribution in [1.29, 1.82) is 0 Å². The molecule has 2 nitrogen and oxygen atoms in total. The molecule has 2 rings (SSSR count). The van der Waals surface area contributed by atoms with Crippen molar-refractivity contribution in [2.75, 3.05) is 13.9 Å². The molecule has 0 N–H and O–H groups in total. The van der Waals surface area contributed by atoms with Gasteiger partial charge < -0.3 is 9.47 Å². The van der Waals surface area contributed by atoms with Crippen molar-refractivity contribution >= 4 is 12.2 Å². The third kappa shape index (κ3) is 3.93. The second-order valence-electron chi connectivity index (χ2n) is 3.97. The molecule has 3 heteroatoms. The van der Waals surface area contributed by atoms with Gasteiger partial charge in [0.2, 0.25) is 0 Å².